The molecule has 1 amide bonds. The average Bonchev–Trinajstić information content (AvgIpc) is 2.03. The lowest BCUT2D eigenvalue weighted by Crippen LogP contribution is -2.24. The van der Waals surface area contributed by atoms with Crippen molar-refractivity contribution in [1.82, 2.24) is 5.06 Å². The van der Waals surface area contributed by atoms with Crippen LogP contribution < -0.4 is 0 Å². The summed E-state index contributed by atoms with van der Waals surface area (Å²) in [6.07, 6.45) is 2.51. The zero-order valence-corrected chi connectivity index (χ0v) is 8.56. The van der Waals surface area contributed by atoms with E-state index >= 15 is 0 Å². The van der Waals surface area contributed by atoms with E-state index in [0.717, 1.165) is 18.2 Å². The molecule has 0 saturated heterocycles. The highest BCUT2D eigenvalue weighted by molar-refractivity contribution is 9.09. The molecule has 0 spiro atoms. The van der Waals surface area contributed by atoms with E-state index in [1.165, 1.54) is 12.2 Å². The van der Waals surface area contributed by atoms with Gasteiger partial charge in [-0.05, 0) is 12.8 Å². The molecule has 0 atom stereocenters. The van der Waals surface area contributed by atoms with E-state index < -0.39 is 0 Å². The Morgan fingerprint density at radius 2 is 2.18 bits per heavy atom. The van der Waals surface area contributed by atoms with E-state index in [2.05, 4.69) is 15.9 Å². The maximum absolute atomic E-state index is 11.0. The molecule has 0 aromatic carbocycles. The van der Waals surface area contributed by atoms with Gasteiger partial charge in [-0.25, -0.2) is 5.06 Å². The molecular weight excluding hydrogens is 210 g/mol. The van der Waals surface area contributed by atoms with Crippen molar-refractivity contribution in [2.45, 2.75) is 19.3 Å². The van der Waals surface area contributed by atoms with Gasteiger partial charge in [-0.1, -0.05) is 15.9 Å². The normalized spacial score (nSPS) is 9.73. The van der Waals surface area contributed by atoms with Gasteiger partial charge in [-0.3, -0.25) is 9.63 Å². The molecule has 0 fully saturated rings. The Balaban J connectivity index is 3.36. The predicted molar refractivity (Wildman–Crippen MR) is 47.4 cm³/mol. The fourth-order valence-corrected chi connectivity index (χ4v) is 1.03. The zero-order chi connectivity index (χ0) is 8.69. The van der Waals surface area contributed by atoms with Crippen molar-refractivity contribution in [2.75, 3.05) is 19.5 Å². The molecule has 0 rings (SSSR count). The zero-order valence-electron chi connectivity index (χ0n) is 6.97. The maximum Gasteiger partial charge on any atom is 0.245 e. The first-order valence-corrected chi connectivity index (χ1v) is 4.71. The number of hydrogen-bond acceptors (Lipinski definition) is 2. The molecule has 11 heavy (non-hydrogen) atoms. The van der Waals surface area contributed by atoms with Gasteiger partial charge in [0.2, 0.25) is 5.91 Å². The highest BCUT2D eigenvalue weighted by atomic mass is 79.9. The second kappa shape index (κ2) is 6.61. The molecule has 0 unspecified atom stereocenters. The lowest BCUT2D eigenvalue weighted by molar-refractivity contribution is -0.168. The number of unbranched alkanes of at least 4 members (excludes halogenated alkanes) is 1. The number of amides is 1. The molecule has 0 radical (unpaired) electrons. The van der Waals surface area contributed by atoms with Gasteiger partial charge in [0, 0.05) is 18.8 Å². The number of carbonyl (C=O) groups excluding carboxylic acids is 1. The van der Waals surface area contributed by atoms with Crippen LogP contribution >= 0.6 is 15.9 Å². The van der Waals surface area contributed by atoms with Gasteiger partial charge < -0.3 is 0 Å². The molecule has 0 aromatic heterocycles. The number of alkyl halides is 1. The summed E-state index contributed by atoms with van der Waals surface area (Å²) in [5, 5.41) is 2.21. The Morgan fingerprint density at radius 1 is 1.55 bits per heavy atom. The predicted octanol–water partition coefficient (Wildman–Crippen LogP) is 1.57. The van der Waals surface area contributed by atoms with E-state index in [-0.39, 0.29) is 5.91 Å². The number of hydrogen-bond donors (Lipinski definition) is 0. The van der Waals surface area contributed by atoms with E-state index in [4.69, 9.17) is 4.84 Å². The third-order valence-corrected chi connectivity index (χ3v) is 1.96. The standard InChI is InChI=1S/C7H14BrNO2/c1-9(11-2)7(10)5-3-4-6-8/h3-6H2,1-2H3. The van der Waals surface area contributed by atoms with Crippen LogP contribution in [-0.2, 0) is 9.63 Å². The quantitative estimate of drug-likeness (QED) is 0.403. The molecule has 0 aliphatic carbocycles. The van der Waals surface area contributed by atoms with Gasteiger partial charge >= 0.3 is 0 Å². The summed E-state index contributed by atoms with van der Waals surface area (Å²) < 4.78 is 0. The van der Waals surface area contributed by atoms with Crippen LogP contribution in [0.4, 0.5) is 0 Å². The molecule has 0 bridgehead atoms. The molecule has 3 nitrogen and oxygen atoms in total. The van der Waals surface area contributed by atoms with Gasteiger partial charge in [0.25, 0.3) is 0 Å². The molecule has 0 N–H and O–H groups in total. The number of rotatable bonds is 5. The molecule has 0 aliphatic heterocycles. The summed E-state index contributed by atoms with van der Waals surface area (Å²) in [4.78, 5) is 15.7. The molecule has 4 heteroatoms. The third-order valence-electron chi connectivity index (χ3n) is 1.40. The largest absolute Gasteiger partial charge is 0.275 e. The summed E-state index contributed by atoms with van der Waals surface area (Å²) >= 11 is 3.30. The second-order valence-electron chi connectivity index (χ2n) is 2.22. The van der Waals surface area contributed by atoms with Crippen LogP contribution in [0.5, 0.6) is 0 Å². The molecule has 0 aromatic rings. The number of halogens is 1. The van der Waals surface area contributed by atoms with Gasteiger partial charge in [0.1, 0.15) is 0 Å². The van der Waals surface area contributed by atoms with E-state index in [1.54, 1.807) is 7.05 Å². The van der Waals surface area contributed by atoms with Crippen LogP contribution in [0.3, 0.4) is 0 Å². The van der Waals surface area contributed by atoms with Crippen LogP contribution in [0.1, 0.15) is 19.3 Å². The SMILES string of the molecule is CON(C)C(=O)CCCCBr. The second-order valence-corrected chi connectivity index (χ2v) is 3.01. The molecular formula is C7H14BrNO2. The van der Waals surface area contributed by atoms with E-state index in [0.29, 0.717) is 6.42 Å². The van der Waals surface area contributed by atoms with Crippen molar-refractivity contribution in [3.8, 4) is 0 Å². The molecule has 0 aliphatic rings. The molecule has 66 valence electrons. The Bertz CT molecular complexity index is 119. The highest BCUT2D eigenvalue weighted by Crippen LogP contribution is 2.01. The van der Waals surface area contributed by atoms with E-state index in [9.17, 15) is 4.79 Å². The van der Waals surface area contributed by atoms with Crippen LogP contribution in [0.15, 0.2) is 0 Å². The lowest BCUT2D eigenvalue weighted by atomic mass is 10.2. The van der Waals surface area contributed by atoms with Gasteiger partial charge in [0.15, 0.2) is 0 Å². The van der Waals surface area contributed by atoms with Crippen LogP contribution in [0.25, 0.3) is 0 Å². The van der Waals surface area contributed by atoms with Crippen LogP contribution in [0.2, 0.25) is 0 Å². The smallest absolute Gasteiger partial charge is 0.245 e. The summed E-state index contributed by atoms with van der Waals surface area (Å²) in [5.74, 6) is 0.0356. The summed E-state index contributed by atoms with van der Waals surface area (Å²) in [6, 6.07) is 0. The lowest BCUT2D eigenvalue weighted by Gasteiger charge is -2.12. The Hall–Kier alpha value is -0.0900. The highest BCUT2D eigenvalue weighted by Gasteiger charge is 2.05. The minimum absolute atomic E-state index is 0.0356. The summed E-state index contributed by atoms with van der Waals surface area (Å²) in [7, 11) is 3.11. The van der Waals surface area contributed by atoms with Crippen molar-refractivity contribution < 1.29 is 9.63 Å². The number of hydroxylamine groups is 2. The first kappa shape index (κ1) is 10.9. The summed E-state index contributed by atoms with van der Waals surface area (Å²) in [6.45, 7) is 0. The van der Waals surface area contributed by atoms with Gasteiger partial charge in [0.05, 0.1) is 7.11 Å². The van der Waals surface area contributed by atoms with Crippen molar-refractivity contribution in [1.29, 1.82) is 0 Å². The Kier molecular flexibility index (Phi) is 6.56. The maximum atomic E-state index is 11.0. The summed E-state index contributed by atoms with van der Waals surface area (Å²) in [5.41, 5.74) is 0. The van der Waals surface area contributed by atoms with Crippen molar-refractivity contribution in [2.24, 2.45) is 0 Å². The first-order chi connectivity index (χ1) is 5.22. The third kappa shape index (κ3) is 5.21. The first-order valence-electron chi connectivity index (χ1n) is 3.59. The number of carbonyl (C=O) groups is 1. The van der Waals surface area contributed by atoms with Crippen LogP contribution in [-0.4, -0.2) is 30.5 Å². The average molecular weight is 224 g/mol. The van der Waals surface area contributed by atoms with Crippen molar-refractivity contribution >= 4 is 21.8 Å². The Morgan fingerprint density at radius 3 is 2.64 bits per heavy atom. The van der Waals surface area contributed by atoms with Crippen LogP contribution in [0, 0.1) is 0 Å². The topological polar surface area (TPSA) is 29.5 Å². The fraction of sp³-hybridized carbons (Fsp3) is 0.857. The minimum atomic E-state index is 0.0356. The molecule has 0 heterocycles. The van der Waals surface area contributed by atoms with Crippen molar-refractivity contribution in [3.63, 3.8) is 0 Å². The van der Waals surface area contributed by atoms with Gasteiger partial charge in [-0.2, -0.15) is 0 Å². The van der Waals surface area contributed by atoms with E-state index in [1.807, 2.05) is 0 Å². The van der Waals surface area contributed by atoms with Crippen molar-refractivity contribution in [3.05, 3.63) is 0 Å². The van der Waals surface area contributed by atoms with Gasteiger partial charge in [-0.15, -0.1) is 0 Å². The Labute approximate surface area is 75.8 Å². The monoisotopic (exact) mass is 223 g/mol. The molecule has 0 saturated carbocycles. The number of nitrogens with zero attached hydrogens (tertiary/aromatic N) is 1. The minimum Gasteiger partial charge on any atom is -0.275 e. The fourth-order valence-electron chi connectivity index (χ4n) is 0.630.